The van der Waals surface area contributed by atoms with E-state index < -0.39 is 41.6 Å². The number of carbonyl (C=O) groups excluding carboxylic acids is 4. The predicted molar refractivity (Wildman–Crippen MR) is 291 cm³/mol. The molecule has 2 rings (SSSR count). The van der Waals surface area contributed by atoms with E-state index in [9.17, 15) is 28.0 Å². The molecule has 1 N–H and O–H groups in total. The fourth-order valence-corrected chi connectivity index (χ4v) is 6.46. The second kappa shape index (κ2) is 41.8. The minimum Gasteiger partial charge on any atom is -0.462 e. The molecule has 1 atom stereocenters. The molecule has 0 spiro atoms. The first-order valence-electron chi connectivity index (χ1n) is 25.4. The molecule has 0 aliphatic carbocycles. The number of hydrogen-bond donors (Lipinski definition) is 1. The number of nitrogens with one attached hydrogen (secondary N) is 1. The first-order valence-corrected chi connectivity index (χ1v) is 25.4. The van der Waals surface area contributed by atoms with Gasteiger partial charge in [0.2, 0.25) is 0 Å². The van der Waals surface area contributed by atoms with E-state index in [1.54, 1.807) is 0 Å². The van der Waals surface area contributed by atoms with Gasteiger partial charge in [0.05, 0.1) is 12.1 Å². The van der Waals surface area contributed by atoms with Gasteiger partial charge < -0.3 is 19.5 Å². The average molecular weight is 986 g/mol. The number of amides is 1. The van der Waals surface area contributed by atoms with Gasteiger partial charge >= 0.3 is 17.9 Å². The van der Waals surface area contributed by atoms with Crippen molar-refractivity contribution in [1.82, 2.24) is 5.32 Å². The fourth-order valence-electron chi connectivity index (χ4n) is 6.46. The summed E-state index contributed by atoms with van der Waals surface area (Å²) in [5, 5.41) is 2.66. The van der Waals surface area contributed by atoms with Gasteiger partial charge in [0.15, 0.2) is 6.10 Å². The van der Waals surface area contributed by atoms with Gasteiger partial charge in [0.25, 0.3) is 5.91 Å². The highest BCUT2D eigenvalue weighted by atomic mass is 19.1. The minimum atomic E-state index is -1.06. The summed E-state index contributed by atoms with van der Waals surface area (Å²) in [6.45, 7) is 4.84. The summed E-state index contributed by atoms with van der Waals surface area (Å²) in [6.07, 6.45) is 61.4. The van der Waals surface area contributed by atoms with E-state index in [0.29, 0.717) is 19.3 Å². The molecule has 0 bridgehead atoms. The summed E-state index contributed by atoms with van der Waals surface area (Å²) in [4.78, 5) is 51.3. The standard InChI is InChI=1S/C62H77F2NO7/c1-4-6-8-10-12-14-16-18-20-22-24-26-28-30-32-34-36-38-40-42-60(67)70-51-55(50-65-62(69)57-48-53(44-47-59(57)71-52(3)66)56-46-45-54(63)49-58(56)64)72-61(68)43-41-39-37-35-33-31-29-27-25-23-21-19-17-15-13-11-9-7-5-2/h6-9,12-15,18-21,24-27,30-33,36-39,44-49,55H,4-5,10-11,16-17,22-23,28-29,34-35,40-43,50-51H2,1-3H3,(H,65,69)/b8-6-,9-7-,14-12-,15-13-,20-18-,21-19-,26-24-,27-25-,32-30-,33-31-,38-36-,39-37-. The van der Waals surface area contributed by atoms with Gasteiger partial charge in [-0.1, -0.05) is 166 Å². The fraction of sp³-hybridized carbons (Fsp3) is 0.355. The third kappa shape index (κ3) is 32.0. The lowest BCUT2D eigenvalue weighted by atomic mass is 10.0. The molecule has 0 aliphatic rings. The van der Waals surface area contributed by atoms with E-state index in [0.717, 1.165) is 82.8 Å². The number of esters is 3. The van der Waals surface area contributed by atoms with E-state index in [4.69, 9.17) is 14.2 Å². The molecule has 10 heteroatoms. The molecule has 0 saturated heterocycles. The third-order valence-electron chi connectivity index (χ3n) is 10.2. The zero-order valence-electron chi connectivity index (χ0n) is 42.7. The lowest BCUT2D eigenvalue weighted by Gasteiger charge is -2.19. The van der Waals surface area contributed by atoms with E-state index in [2.05, 4.69) is 141 Å². The number of halogens is 2. The lowest BCUT2D eigenvalue weighted by Crippen LogP contribution is -2.38. The molecule has 0 heterocycles. The van der Waals surface area contributed by atoms with Crippen LogP contribution in [0.2, 0.25) is 0 Å². The smallest absolute Gasteiger partial charge is 0.308 e. The number of rotatable bonds is 36. The number of allylic oxidation sites excluding steroid dienone is 24. The van der Waals surface area contributed by atoms with Crippen LogP contribution < -0.4 is 10.1 Å². The summed E-state index contributed by atoms with van der Waals surface area (Å²) in [6, 6.07) is 7.13. The van der Waals surface area contributed by atoms with Gasteiger partial charge in [0, 0.05) is 31.4 Å². The summed E-state index contributed by atoms with van der Waals surface area (Å²) < 4.78 is 44.8. The van der Waals surface area contributed by atoms with Crippen LogP contribution in [0.5, 0.6) is 5.75 Å². The maximum atomic E-state index is 14.7. The van der Waals surface area contributed by atoms with Crippen LogP contribution in [0.1, 0.15) is 134 Å². The molecule has 0 aliphatic heterocycles. The third-order valence-corrected chi connectivity index (χ3v) is 10.2. The topological polar surface area (TPSA) is 108 Å². The second-order valence-electron chi connectivity index (χ2n) is 16.3. The molecule has 0 radical (unpaired) electrons. The van der Waals surface area contributed by atoms with Crippen LogP contribution in [0.15, 0.2) is 182 Å². The Morgan fingerprint density at radius 1 is 0.528 bits per heavy atom. The highest BCUT2D eigenvalue weighted by Gasteiger charge is 2.22. The molecule has 1 amide bonds. The first kappa shape index (κ1) is 61.2. The zero-order chi connectivity index (χ0) is 52.1. The summed E-state index contributed by atoms with van der Waals surface area (Å²) in [7, 11) is 0. The predicted octanol–water partition coefficient (Wildman–Crippen LogP) is 15.7. The zero-order valence-corrected chi connectivity index (χ0v) is 42.7. The van der Waals surface area contributed by atoms with Crippen LogP contribution >= 0.6 is 0 Å². The molecule has 0 aromatic heterocycles. The molecule has 2 aromatic rings. The number of benzene rings is 2. The number of carbonyl (C=O) groups is 4. The van der Waals surface area contributed by atoms with Gasteiger partial charge in [-0.05, 0) is 120 Å². The normalized spacial score (nSPS) is 13.0. The molecular formula is C62H77F2NO7. The van der Waals surface area contributed by atoms with Crippen molar-refractivity contribution in [2.24, 2.45) is 0 Å². The van der Waals surface area contributed by atoms with Crippen LogP contribution in [-0.4, -0.2) is 43.1 Å². The molecule has 2 aromatic carbocycles. The van der Waals surface area contributed by atoms with E-state index in [-0.39, 0.29) is 48.4 Å². The van der Waals surface area contributed by atoms with Crippen LogP contribution in [0, 0.1) is 11.6 Å². The summed E-state index contributed by atoms with van der Waals surface area (Å²) in [5.41, 5.74) is 0.128. The molecular weight excluding hydrogens is 909 g/mol. The number of hydrogen-bond acceptors (Lipinski definition) is 7. The quantitative estimate of drug-likeness (QED) is 0.0411. The average Bonchev–Trinajstić information content (AvgIpc) is 3.36. The van der Waals surface area contributed by atoms with E-state index in [1.807, 2.05) is 24.3 Å². The van der Waals surface area contributed by atoms with Gasteiger partial charge in [-0.3, -0.25) is 19.2 Å². The largest absolute Gasteiger partial charge is 0.462 e. The van der Waals surface area contributed by atoms with Crippen molar-refractivity contribution in [2.75, 3.05) is 13.2 Å². The second-order valence-corrected chi connectivity index (χ2v) is 16.3. The molecule has 8 nitrogen and oxygen atoms in total. The van der Waals surface area contributed by atoms with Crippen molar-refractivity contribution in [3.63, 3.8) is 0 Å². The van der Waals surface area contributed by atoms with Crippen molar-refractivity contribution in [1.29, 1.82) is 0 Å². The maximum absolute atomic E-state index is 14.7. The van der Waals surface area contributed by atoms with Gasteiger partial charge in [0.1, 0.15) is 24.0 Å². The van der Waals surface area contributed by atoms with Gasteiger partial charge in [-0.2, -0.15) is 0 Å². The van der Waals surface area contributed by atoms with Crippen molar-refractivity contribution in [2.45, 2.75) is 130 Å². The van der Waals surface area contributed by atoms with Crippen molar-refractivity contribution in [3.8, 4) is 16.9 Å². The Bertz CT molecular complexity index is 2270. The molecule has 386 valence electrons. The van der Waals surface area contributed by atoms with E-state index in [1.165, 1.54) is 31.2 Å². The highest BCUT2D eigenvalue weighted by Crippen LogP contribution is 2.29. The SMILES string of the molecule is CC/C=C\C/C=C\C/C=C\C/C=C\C/C=C\C/C=C\CCC(=O)OCC(CNC(=O)c1cc(-c2ccc(F)cc2F)ccc1OC(C)=O)OC(=O)CC/C=C\C/C=C\C/C=C\C/C=C\C/C=C\C/C=C\CC. The first-order chi connectivity index (χ1) is 35.1. The highest BCUT2D eigenvalue weighted by molar-refractivity contribution is 5.99. The molecule has 1 unspecified atom stereocenters. The minimum absolute atomic E-state index is 0.0227. The van der Waals surface area contributed by atoms with E-state index >= 15 is 0 Å². The van der Waals surface area contributed by atoms with Gasteiger partial charge in [-0.25, -0.2) is 8.78 Å². The molecule has 0 fully saturated rings. The lowest BCUT2D eigenvalue weighted by molar-refractivity contribution is -0.158. The Morgan fingerprint density at radius 2 is 0.944 bits per heavy atom. The Hall–Kier alpha value is -6.94. The Balaban J connectivity index is 1.92. The number of ether oxygens (including phenoxy) is 3. The van der Waals surface area contributed by atoms with Crippen LogP contribution in [0.3, 0.4) is 0 Å². The molecule has 72 heavy (non-hydrogen) atoms. The monoisotopic (exact) mass is 986 g/mol. The maximum Gasteiger partial charge on any atom is 0.308 e. The molecule has 0 saturated carbocycles. The Labute approximate surface area is 428 Å². The van der Waals surface area contributed by atoms with Crippen molar-refractivity contribution < 1.29 is 42.2 Å². The van der Waals surface area contributed by atoms with Crippen LogP contribution in [-0.2, 0) is 23.9 Å². The summed E-state index contributed by atoms with van der Waals surface area (Å²) in [5.74, 6) is -4.21. The van der Waals surface area contributed by atoms with Crippen LogP contribution in [0.4, 0.5) is 8.78 Å². The van der Waals surface area contributed by atoms with Crippen LogP contribution in [0.25, 0.3) is 11.1 Å². The summed E-state index contributed by atoms with van der Waals surface area (Å²) >= 11 is 0. The van der Waals surface area contributed by atoms with Gasteiger partial charge in [-0.15, -0.1) is 0 Å². The Morgan fingerprint density at radius 3 is 1.36 bits per heavy atom. The Kier molecular flexibility index (Phi) is 35.5. The van der Waals surface area contributed by atoms with Crippen molar-refractivity contribution >= 4 is 23.8 Å². The van der Waals surface area contributed by atoms with Crippen molar-refractivity contribution in [3.05, 3.63) is 199 Å².